The van der Waals surface area contributed by atoms with E-state index in [-0.39, 0.29) is 18.5 Å². The molecule has 204 valence electrons. The number of anilines is 2. The SMILES string of the molecule is C[n+]1ccn(CCOC(=O)c2ccc3c(c2)N2C(=O)CCCC2(c2ccccc2)N3C2CCCCCCC2)c1. The fourth-order valence-electron chi connectivity index (χ4n) is 6.98. The number of carbonyl (C=O) groups is 2. The van der Waals surface area contributed by atoms with E-state index in [4.69, 9.17) is 4.74 Å². The number of imidazole rings is 1. The van der Waals surface area contributed by atoms with Crippen LogP contribution in [0.1, 0.15) is 80.1 Å². The van der Waals surface area contributed by atoms with Crippen molar-refractivity contribution >= 4 is 23.3 Å². The molecule has 1 aliphatic carbocycles. The molecular formula is C32H39N4O3+. The number of aryl methyl sites for hydroxylation is 1. The van der Waals surface area contributed by atoms with Crippen molar-refractivity contribution in [2.24, 2.45) is 7.05 Å². The minimum atomic E-state index is -0.560. The number of ether oxygens (including phenoxy) is 1. The van der Waals surface area contributed by atoms with Gasteiger partial charge in [-0.2, -0.15) is 0 Å². The van der Waals surface area contributed by atoms with E-state index >= 15 is 0 Å². The average molecular weight is 528 g/mol. The van der Waals surface area contributed by atoms with Crippen LogP contribution in [0, 0.1) is 0 Å². The Morgan fingerprint density at radius 3 is 2.51 bits per heavy atom. The van der Waals surface area contributed by atoms with Crippen LogP contribution in [-0.4, -0.2) is 29.1 Å². The molecule has 0 N–H and O–H groups in total. The highest BCUT2D eigenvalue weighted by Gasteiger charge is 2.56. The zero-order valence-electron chi connectivity index (χ0n) is 22.9. The second kappa shape index (κ2) is 10.9. The molecule has 3 heterocycles. The van der Waals surface area contributed by atoms with E-state index in [0.29, 0.717) is 24.6 Å². The molecule has 1 aromatic heterocycles. The fraction of sp³-hybridized carbons (Fsp3) is 0.469. The number of aromatic nitrogens is 2. The number of hydrogen-bond acceptors (Lipinski definition) is 4. The highest BCUT2D eigenvalue weighted by Crippen LogP contribution is 2.56. The van der Waals surface area contributed by atoms with Crippen LogP contribution in [0.25, 0.3) is 0 Å². The molecular weight excluding hydrogens is 488 g/mol. The van der Waals surface area contributed by atoms with Crippen molar-refractivity contribution < 1.29 is 18.9 Å². The van der Waals surface area contributed by atoms with Crippen molar-refractivity contribution in [1.29, 1.82) is 0 Å². The van der Waals surface area contributed by atoms with Crippen LogP contribution >= 0.6 is 0 Å². The summed E-state index contributed by atoms with van der Waals surface area (Å²) in [5.41, 5.74) is 3.00. The van der Waals surface area contributed by atoms with Gasteiger partial charge in [-0.25, -0.2) is 13.9 Å². The Bertz CT molecular complexity index is 1330. The van der Waals surface area contributed by atoms with Gasteiger partial charge in [-0.05, 0) is 49.4 Å². The summed E-state index contributed by atoms with van der Waals surface area (Å²) in [5, 5.41) is 0. The van der Waals surface area contributed by atoms with Gasteiger partial charge in [0.15, 0.2) is 0 Å². The van der Waals surface area contributed by atoms with Crippen LogP contribution < -0.4 is 14.4 Å². The number of piperidine rings is 1. The molecule has 0 bridgehead atoms. The number of benzene rings is 2. The predicted octanol–water partition coefficient (Wildman–Crippen LogP) is 5.47. The number of carbonyl (C=O) groups excluding carboxylic acids is 2. The molecule has 7 nitrogen and oxygen atoms in total. The lowest BCUT2D eigenvalue weighted by Gasteiger charge is -2.51. The molecule has 1 unspecified atom stereocenters. The zero-order chi connectivity index (χ0) is 26.8. The summed E-state index contributed by atoms with van der Waals surface area (Å²) >= 11 is 0. The molecule has 6 rings (SSSR count). The maximum absolute atomic E-state index is 13.8. The maximum atomic E-state index is 13.8. The normalized spacial score (nSPS) is 21.7. The first-order valence-corrected chi connectivity index (χ1v) is 14.6. The highest BCUT2D eigenvalue weighted by atomic mass is 16.5. The first kappa shape index (κ1) is 25.7. The van der Waals surface area contributed by atoms with Crippen LogP contribution in [0.2, 0.25) is 0 Å². The summed E-state index contributed by atoms with van der Waals surface area (Å²) in [5.74, 6) is -0.223. The summed E-state index contributed by atoms with van der Waals surface area (Å²) in [6.45, 7) is 0.879. The Kier molecular flexibility index (Phi) is 7.15. The predicted molar refractivity (Wildman–Crippen MR) is 150 cm³/mol. The smallest absolute Gasteiger partial charge is 0.338 e. The third-order valence-electron chi connectivity index (χ3n) is 8.73. The summed E-state index contributed by atoms with van der Waals surface area (Å²) < 4.78 is 9.61. The quantitative estimate of drug-likeness (QED) is 0.315. The number of amides is 1. The number of esters is 1. The molecule has 7 heteroatoms. The standard InChI is InChI=1S/C32H39N4O3/c1-33-19-20-34(24-33)21-22-39-31(38)25-16-17-28-29(23-25)36-30(37)15-10-18-32(36,26-11-6-5-7-12-26)35(28)27-13-8-3-2-4-9-14-27/h5-7,11-12,16-17,19-20,23-24,27H,2-4,8-10,13-15,18,21-22H2,1H3/q+1. The Morgan fingerprint density at radius 1 is 1.00 bits per heavy atom. The second-order valence-corrected chi connectivity index (χ2v) is 11.3. The third kappa shape index (κ3) is 4.72. The van der Waals surface area contributed by atoms with Gasteiger partial charge in [0.25, 0.3) is 0 Å². The van der Waals surface area contributed by atoms with Crippen LogP contribution in [0.3, 0.4) is 0 Å². The van der Waals surface area contributed by atoms with Crippen molar-refractivity contribution in [1.82, 2.24) is 4.57 Å². The molecule has 1 saturated heterocycles. The summed E-state index contributed by atoms with van der Waals surface area (Å²) in [6.07, 6.45) is 16.6. The summed E-state index contributed by atoms with van der Waals surface area (Å²) in [4.78, 5) is 31.5. The molecule has 2 fully saturated rings. The van der Waals surface area contributed by atoms with Crippen LogP contribution in [-0.2, 0) is 28.8 Å². The van der Waals surface area contributed by atoms with E-state index in [1.807, 2.05) is 58.0 Å². The molecule has 2 aliphatic heterocycles. The minimum absolute atomic E-state index is 0.130. The number of rotatable bonds is 6. The fourth-order valence-corrected chi connectivity index (χ4v) is 6.98. The van der Waals surface area contributed by atoms with Crippen molar-refractivity contribution in [3.8, 4) is 0 Å². The highest BCUT2D eigenvalue weighted by molar-refractivity contribution is 6.05. The van der Waals surface area contributed by atoms with Gasteiger partial charge in [0.1, 0.15) is 31.2 Å². The van der Waals surface area contributed by atoms with E-state index in [1.165, 1.54) is 32.1 Å². The van der Waals surface area contributed by atoms with Gasteiger partial charge < -0.3 is 9.64 Å². The molecule has 39 heavy (non-hydrogen) atoms. The van der Waals surface area contributed by atoms with Gasteiger partial charge >= 0.3 is 5.97 Å². The molecule has 0 spiro atoms. The zero-order valence-corrected chi connectivity index (χ0v) is 22.9. The lowest BCUT2D eigenvalue weighted by atomic mass is 9.84. The van der Waals surface area contributed by atoms with E-state index in [0.717, 1.165) is 42.6 Å². The van der Waals surface area contributed by atoms with Crippen molar-refractivity contribution in [2.45, 2.75) is 82.5 Å². The Balaban J connectivity index is 1.37. The molecule has 1 amide bonds. The van der Waals surface area contributed by atoms with Crippen molar-refractivity contribution in [3.05, 3.63) is 78.4 Å². The first-order valence-electron chi connectivity index (χ1n) is 14.6. The number of fused-ring (bicyclic) bond motifs is 3. The van der Waals surface area contributed by atoms with Crippen molar-refractivity contribution in [3.63, 3.8) is 0 Å². The maximum Gasteiger partial charge on any atom is 0.338 e. The Labute approximate surface area is 231 Å². The minimum Gasteiger partial charge on any atom is -0.458 e. The van der Waals surface area contributed by atoms with E-state index < -0.39 is 5.66 Å². The monoisotopic (exact) mass is 527 g/mol. The lowest BCUT2D eigenvalue weighted by Crippen LogP contribution is -2.61. The van der Waals surface area contributed by atoms with Gasteiger partial charge in [-0.1, -0.05) is 62.4 Å². The van der Waals surface area contributed by atoms with E-state index in [1.54, 1.807) is 0 Å². The molecule has 3 aliphatic rings. The Morgan fingerprint density at radius 2 is 1.77 bits per heavy atom. The van der Waals surface area contributed by atoms with Crippen molar-refractivity contribution in [2.75, 3.05) is 16.4 Å². The van der Waals surface area contributed by atoms with Crippen LogP contribution in [0.15, 0.2) is 67.3 Å². The van der Waals surface area contributed by atoms with E-state index in [9.17, 15) is 9.59 Å². The van der Waals surface area contributed by atoms with Gasteiger partial charge in [0, 0.05) is 12.5 Å². The van der Waals surface area contributed by atoms with Crippen LogP contribution in [0.5, 0.6) is 0 Å². The van der Waals surface area contributed by atoms with Gasteiger partial charge in [-0.15, -0.1) is 0 Å². The molecule has 1 saturated carbocycles. The second-order valence-electron chi connectivity index (χ2n) is 11.3. The molecule has 1 atom stereocenters. The topological polar surface area (TPSA) is 58.7 Å². The third-order valence-corrected chi connectivity index (χ3v) is 8.73. The average Bonchev–Trinajstić information content (AvgIpc) is 3.48. The van der Waals surface area contributed by atoms with Gasteiger partial charge in [0.05, 0.1) is 24.0 Å². The molecule has 0 radical (unpaired) electrons. The largest absolute Gasteiger partial charge is 0.458 e. The Hall–Kier alpha value is -3.61. The van der Waals surface area contributed by atoms with Gasteiger partial charge in [0.2, 0.25) is 12.2 Å². The number of hydrogen-bond donors (Lipinski definition) is 0. The summed E-state index contributed by atoms with van der Waals surface area (Å²) in [7, 11) is 1.96. The molecule has 2 aromatic carbocycles. The lowest BCUT2D eigenvalue weighted by molar-refractivity contribution is -0.671. The summed E-state index contributed by atoms with van der Waals surface area (Å²) in [6, 6.07) is 16.7. The van der Waals surface area contributed by atoms with Crippen LogP contribution in [0.4, 0.5) is 11.4 Å². The van der Waals surface area contributed by atoms with E-state index in [2.05, 4.69) is 35.2 Å². The molecule has 3 aromatic rings. The van der Waals surface area contributed by atoms with Gasteiger partial charge in [-0.3, -0.25) is 9.69 Å². The number of nitrogens with zero attached hydrogens (tertiary/aromatic N) is 4. The first-order chi connectivity index (χ1) is 19.1.